The molecule has 1 aliphatic heterocycles. The lowest BCUT2D eigenvalue weighted by Gasteiger charge is -2.49. The molecule has 1 aliphatic rings. The summed E-state index contributed by atoms with van der Waals surface area (Å²) in [5, 5.41) is 20.7. The van der Waals surface area contributed by atoms with Crippen molar-refractivity contribution in [2.45, 2.75) is 30.6 Å². The van der Waals surface area contributed by atoms with Gasteiger partial charge in [0.15, 0.2) is 5.60 Å². The molecule has 4 heteroatoms. The standard InChI is InChI=1S/C15H18FNO2/c1-4-15(19)9-13(17(3)10-14(15,2)18)11-5-7-12(16)8-6-11/h1,5-8,13,18-19H,9-10H2,2-3H3/t13-,14-,15-/m0/s1. The number of piperidine rings is 1. The maximum atomic E-state index is 13.0. The van der Waals surface area contributed by atoms with Crippen molar-refractivity contribution in [2.75, 3.05) is 13.6 Å². The molecule has 1 fully saturated rings. The summed E-state index contributed by atoms with van der Waals surface area (Å²) in [7, 11) is 1.85. The summed E-state index contributed by atoms with van der Waals surface area (Å²) in [5.41, 5.74) is -2.08. The number of nitrogens with zero attached hydrogens (tertiary/aromatic N) is 1. The summed E-state index contributed by atoms with van der Waals surface area (Å²) >= 11 is 0. The third kappa shape index (κ3) is 2.37. The van der Waals surface area contributed by atoms with Gasteiger partial charge in [-0.15, -0.1) is 6.42 Å². The van der Waals surface area contributed by atoms with Gasteiger partial charge in [0.05, 0.1) is 0 Å². The van der Waals surface area contributed by atoms with Gasteiger partial charge >= 0.3 is 0 Å². The van der Waals surface area contributed by atoms with Crippen LogP contribution in [0.15, 0.2) is 24.3 Å². The molecule has 1 heterocycles. The van der Waals surface area contributed by atoms with Crippen LogP contribution in [-0.4, -0.2) is 39.9 Å². The van der Waals surface area contributed by atoms with Gasteiger partial charge in [0.25, 0.3) is 0 Å². The minimum atomic E-state index is -1.58. The van der Waals surface area contributed by atoms with Crippen LogP contribution in [0.3, 0.4) is 0 Å². The van der Waals surface area contributed by atoms with Crippen LogP contribution in [0, 0.1) is 18.2 Å². The minimum absolute atomic E-state index is 0.151. The average Bonchev–Trinajstić information content (AvgIpc) is 2.34. The van der Waals surface area contributed by atoms with Crippen molar-refractivity contribution in [1.29, 1.82) is 0 Å². The fourth-order valence-electron chi connectivity index (χ4n) is 2.65. The molecule has 19 heavy (non-hydrogen) atoms. The van der Waals surface area contributed by atoms with Crippen LogP contribution in [-0.2, 0) is 0 Å². The van der Waals surface area contributed by atoms with Gasteiger partial charge in [-0.25, -0.2) is 4.39 Å². The van der Waals surface area contributed by atoms with Gasteiger partial charge < -0.3 is 10.2 Å². The van der Waals surface area contributed by atoms with E-state index in [1.54, 1.807) is 12.1 Å². The molecule has 102 valence electrons. The molecule has 0 bridgehead atoms. The number of hydrogen-bond donors (Lipinski definition) is 2. The minimum Gasteiger partial charge on any atom is -0.385 e. The van der Waals surface area contributed by atoms with Crippen LogP contribution in [0.25, 0.3) is 0 Å². The molecule has 2 N–H and O–H groups in total. The third-order valence-corrected chi connectivity index (χ3v) is 3.96. The molecule has 0 radical (unpaired) electrons. The second-order valence-corrected chi connectivity index (χ2v) is 5.47. The fourth-order valence-corrected chi connectivity index (χ4v) is 2.65. The molecule has 1 aromatic rings. The molecule has 0 aromatic heterocycles. The predicted molar refractivity (Wildman–Crippen MR) is 70.8 cm³/mol. The van der Waals surface area contributed by atoms with Crippen LogP contribution in [0.1, 0.15) is 24.9 Å². The van der Waals surface area contributed by atoms with Crippen LogP contribution in [0.4, 0.5) is 4.39 Å². The van der Waals surface area contributed by atoms with E-state index >= 15 is 0 Å². The average molecular weight is 263 g/mol. The molecular formula is C15H18FNO2. The van der Waals surface area contributed by atoms with E-state index < -0.39 is 11.2 Å². The van der Waals surface area contributed by atoms with Crippen LogP contribution in [0.5, 0.6) is 0 Å². The van der Waals surface area contributed by atoms with E-state index in [0.29, 0.717) is 0 Å². The highest BCUT2D eigenvalue weighted by atomic mass is 19.1. The van der Waals surface area contributed by atoms with E-state index in [2.05, 4.69) is 5.92 Å². The number of hydrogen-bond acceptors (Lipinski definition) is 3. The Balaban J connectivity index is 2.33. The highest BCUT2D eigenvalue weighted by Gasteiger charge is 2.51. The monoisotopic (exact) mass is 263 g/mol. The Morgan fingerprint density at radius 3 is 2.47 bits per heavy atom. The number of terminal acetylenes is 1. The topological polar surface area (TPSA) is 43.7 Å². The van der Waals surface area contributed by atoms with Crippen molar-refractivity contribution in [2.24, 2.45) is 0 Å². The summed E-state index contributed by atoms with van der Waals surface area (Å²) in [6.07, 6.45) is 5.59. The Kier molecular flexibility index (Phi) is 3.40. The van der Waals surface area contributed by atoms with Crippen molar-refractivity contribution < 1.29 is 14.6 Å². The van der Waals surface area contributed by atoms with Crippen molar-refractivity contribution in [1.82, 2.24) is 4.90 Å². The maximum absolute atomic E-state index is 13.0. The van der Waals surface area contributed by atoms with E-state index in [1.165, 1.54) is 19.1 Å². The molecule has 1 saturated heterocycles. The van der Waals surface area contributed by atoms with E-state index in [9.17, 15) is 14.6 Å². The van der Waals surface area contributed by atoms with E-state index in [4.69, 9.17) is 6.42 Å². The van der Waals surface area contributed by atoms with Gasteiger partial charge in [0, 0.05) is 19.0 Å². The van der Waals surface area contributed by atoms with Crippen molar-refractivity contribution in [3.8, 4) is 12.3 Å². The number of β-amino-alcohol motifs (C(OH)–C–C–N with tert-alkyl or cyclic N) is 1. The Hall–Kier alpha value is -1.41. The number of halogens is 1. The first-order chi connectivity index (χ1) is 8.79. The van der Waals surface area contributed by atoms with Crippen molar-refractivity contribution in [3.63, 3.8) is 0 Å². The predicted octanol–water partition coefficient (Wildman–Crippen LogP) is 1.32. The molecule has 0 amide bonds. The zero-order valence-electron chi connectivity index (χ0n) is 11.1. The number of benzene rings is 1. The first-order valence-electron chi connectivity index (χ1n) is 6.17. The molecule has 3 atom stereocenters. The molecule has 0 saturated carbocycles. The number of likely N-dealkylation sites (N-methyl/N-ethyl adjacent to an activating group) is 1. The lowest BCUT2D eigenvalue weighted by molar-refractivity contribution is -0.159. The van der Waals surface area contributed by atoms with E-state index in [1.807, 2.05) is 11.9 Å². The van der Waals surface area contributed by atoms with Gasteiger partial charge in [-0.1, -0.05) is 18.1 Å². The SMILES string of the molecule is C#C[C@]1(O)C[C@@H](c2ccc(F)cc2)N(C)C[C@]1(C)O. The fraction of sp³-hybridized carbons (Fsp3) is 0.467. The zero-order chi connectivity index (χ0) is 14.3. The second-order valence-electron chi connectivity index (χ2n) is 5.47. The largest absolute Gasteiger partial charge is 0.385 e. The Morgan fingerprint density at radius 2 is 1.95 bits per heavy atom. The molecule has 0 unspecified atom stereocenters. The Bertz CT molecular complexity index is 506. The molecule has 0 spiro atoms. The maximum Gasteiger partial charge on any atom is 0.156 e. The molecule has 1 aromatic carbocycles. The lowest BCUT2D eigenvalue weighted by atomic mass is 9.74. The lowest BCUT2D eigenvalue weighted by Crippen LogP contribution is -2.62. The summed E-state index contributed by atoms with van der Waals surface area (Å²) in [4.78, 5) is 1.92. The smallest absolute Gasteiger partial charge is 0.156 e. The number of aliphatic hydroxyl groups is 2. The Morgan fingerprint density at radius 1 is 1.37 bits per heavy atom. The third-order valence-electron chi connectivity index (χ3n) is 3.96. The normalized spacial score (nSPS) is 35.9. The van der Waals surface area contributed by atoms with Gasteiger partial charge in [-0.05, 0) is 31.7 Å². The molecule has 3 nitrogen and oxygen atoms in total. The van der Waals surface area contributed by atoms with E-state index in [0.717, 1.165) is 5.56 Å². The zero-order valence-corrected chi connectivity index (χ0v) is 11.1. The second kappa shape index (κ2) is 4.61. The number of rotatable bonds is 1. The van der Waals surface area contributed by atoms with Crippen LogP contribution in [0.2, 0.25) is 0 Å². The molecular weight excluding hydrogens is 245 g/mol. The first-order valence-corrected chi connectivity index (χ1v) is 6.17. The van der Waals surface area contributed by atoms with Crippen molar-refractivity contribution >= 4 is 0 Å². The summed E-state index contributed by atoms with van der Waals surface area (Å²) in [5.74, 6) is 2.00. The van der Waals surface area contributed by atoms with Crippen molar-refractivity contribution in [3.05, 3.63) is 35.6 Å². The summed E-state index contributed by atoms with van der Waals surface area (Å²) in [6.45, 7) is 1.78. The van der Waals surface area contributed by atoms with Gasteiger partial charge in [0.2, 0.25) is 0 Å². The summed E-state index contributed by atoms with van der Waals surface area (Å²) in [6, 6.07) is 5.96. The van der Waals surface area contributed by atoms with Gasteiger partial charge in [-0.2, -0.15) is 0 Å². The first kappa shape index (κ1) is 14.0. The highest BCUT2D eigenvalue weighted by molar-refractivity contribution is 5.27. The molecule has 0 aliphatic carbocycles. The van der Waals surface area contributed by atoms with Gasteiger partial charge in [-0.3, -0.25) is 4.90 Å². The van der Waals surface area contributed by atoms with E-state index in [-0.39, 0.29) is 24.8 Å². The number of likely N-dealkylation sites (tertiary alicyclic amines) is 1. The quantitative estimate of drug-likeness (QED) is 0.751. The van der Waals surface area contributed by atoms with Gasteiger partial charge in [0.1, 0.15) is 11.4 Å². The summed E-state index contributed by atoms with van der Waals surface area (Å²) < 4.78 is 13.0. The molecule has 2 rings (SSSR count). The van der Waals surface area contributed by atoms with Crippen LogP contribution >= 0.6 is 0 Å². The Labute approximate surface area is 112 Å². The van der Waals surface area contributed by atoms with Crippen LogP contribution < -0.4 is 0 Å². The highest BCUT2D eigenvalue weighted by Crippen LogP contribution is 2.40.